The molecule has 0 aromatic heterocycles. The first-order valence-electron chi connectivity index (χ1n) is 10.8. The van der Waals surface area contributed by atoms with Crippen molar-refractivity contribution < 1.29 is 27.6 Å². The SMILES string of the molecule is CC(C)(C)OC(=O)NC(=N)c1ccc2c(c1)C(CCNS(=O)(=O)C1=CC3=CNON3C(Cl)=C1)CO2. The Balaban J connectivity index is 1.38. The van der Waals surface area contributed by atoms with Crippen LogP contribution in [0.25, 0.3) is 0 Å². The van der Waals surface area contributed by atoms with Gasteiger partial charge in [0.1, 0.15) is 22.3 Å². The number of benzene rings is 1. The Labute approximate surface area is 208 Å². The number of nitrogens with zero attached hydrogens (tertiary/aromatic N) is 1. The van der Waals surface area contributed by atoms with Gasteiger partial charge in [0.05, 0.1) is 23.4 Å². The molecule has 1 aromatic carbocycles. The Kier molecular flexibility index (Phi) is 6.82. The van der Waals surface area contributed by atoms with E-state index in [0.717, 1.165) is 5.56 Å². The number of halogens is 1. The largest absolute Gasteiger partial charge is 0.493 e. The molecule has 3 heterocycles. The minimum atomic E-state index is -3.81. The summed E-state index contributed by atoms with van der Waals surface area (Å²) < 4.78 is 39.1. The van der Waals surface area contributed by atoms with Crippen LogP contribution in [0.5, 0.6) is 5.75 Å². The van der Waals surface area contributed by atoms with Crippen LogP contribution in [0.3, 0.4) is 0 Å². The third kappa shape index (κ3) is 5.78. The molecule has 0 saturated heterocycles. The maximum Gasteiger partial charge on any atom is 0.413 e. The third-order valence-corrected chi connectivity index (χ3v) is 6.93. The van der Waals surface area contributed by atoms with Crippen LogP contribution in [0, 0.1) is 5.41 Å². The first-order chi connectivity index (χ1) is 16.4. The molecule has 3 aliphatic heterocycles. The van der Waals surface area contributed by atoms with Gasteiger partial charge < -0.3 is 9.47 Å². The lowest BCUT2D eigenvalue weighted by molar-refractivity contribution is -0.116. The lowest BCUT2D eigenvalue weighted by atomic mass is 9.96. The first kappa shape index (κ1) is 25.0. The number of alkyl carbamates (subject to hydrolysis) is 1. The maximum absolute atomic E-state index is 12.8. The number of sulfonamides is 1. The highest BCUT2D eigenvalue weighted by molar-refractivity contribution is 7.93. The Bertz CT molecular complexity index is 1250. The van der Waals surface area contributed by atoms with Crippen molar-refractivity contribution in [3.8, 4) is 5.75 Å². The molecule has 11 nitrogen and oxygen atoms in total. The highest BCUT2D eigenvalue weighted by Crippen LogP contribution is 2.36. The number of hydrogen-bond donors (Lipinski definition) is 4. The summed E-state index contributed by atoms with van der Waals surface area (Å²) in [5.74, 6) is 0.472. The van der Waals surface area contributed by atoms with Crippen LogP contribution in [0.1, 0.15) is 44.2 Å². The smallest absolute Gasteiger partial charge is 0.413 e. The molecule has 0 spiro atoms. The molecule has 4 rings (SSSR count). The minimum absolute atomic E-state index is 0.0179. The lowest BCUT2D eigenvalue weighted by Gasteiger charge is -2.21. The number of hydroxylamine groups is 3. The molecule has 3 aliphatic rings. The van der Waals surface area contributed by atoms with Gasteiger partial charge in [-0.2, -0.15) is 10.0 Å². The predicted molar refractivity (Wildman–Crippen MR) is 129 cm³/mol. The second-order valence-corrected chi connectivity index (χ2v) is 11.2. The molecule has 13 heteroatoms. The Morgan fingerprint density at radius 2 is 2.11 bits per heavy atom. The summed E-state index contributed by atoms with van der Waals surface area (Å²) in [6.07, 6.45) is 3.99. The number of amidine groups is 1. The van der Waals surface area contributed by atoms with Crippen molar-refractivity contribution >= 4 is 33.6 Å². The molecular weight excluding hydrogens is 498 g/mol. The molecule has 1 aromatic rings. The normalized spacial score (nSPS) is 18.9. The van der Waals surface area contributed by atoms with E-state index in [1.54, 1.807) is 39.0 Å². The second kappa shape index (κ2) is 9.53. The number of nitrogens with one attached hydrogen (secondary N) is 4. The van der Waals surface area contributed by atoms with Gasteiger partial charge >= 0.3 is 6.09 Å². The Hall–Kier alpha value is -3.06. The third-order valence-electron chi connectivity index (χ3n) is 5.23. The molecule has 0 radical (unpaired) electrons. The molecule has 1 amide bonds. The van der Waals surface area contributed by atoms with E-state index in [1.165, 1.54) is 23.4 Å². The van der Waals surface area contributed by atoms with Crippen molar-refractivity contribution in [2.24, 2.45) is 0 Å². The molecule has 4 N–H and O–H groups in total. The first-order valence-corrected chi connectivity index (χ1v) is 12.7. The van der Waals surface area contributed by atoms with E-state index in [-0.39, 0.29) is 28.4 Å². The lowest BCUT2D eigenvalue weighted by Crippen LogP contribution is -2.36. The van der Waals surface area contributed by atoms with E-state index in [2.05, 4.69) is 15.5 Å². The zero-order valence-electron chi connectivity index (χ0n) is 19.3. The van der Waals surface area contributed by atoms with Gasteiger partial charge in [0.15, 0.2) is 0 Å². The van der Waals surface area contributed by atoms with E-state index >= 15 is 0 Å². The van der Waals surface area contributed by atoms with Crippen molar-refractivity contribution in [2.75, 3.05) is 13.2 Å². The number of rotatable bonds is 6. The average molecular weight is 524 g/mol. The molecule has 0 saturated carbocycles. The summed E-state index contributed by atoms with van der Waals surface area (Å²) in [6, 6.07) is 5.17. The van der Waals surface area contributed by atoms with Crippen LogP contribution in [-0.2, 0) is 19.7 Å². The molecule has 0 aliphatic carbocycles. The van der Waals surface area contributed by atoms with Gasteiger partial charge in [0, 0.05) is 23.6 Å². The standard InChI is InChI=1S/C22H26ClN5O6S/c1-22(2,3)33-21(29)27-20(24)13-4-5-18-17(8-13)14(12-32-18)6-7-26-35(30,31)16-9-15-11-25-34-28(15)19(23)10-16/h4-5,8-11,14,25-26H,6-7,12H2,1-3H3,(H2,24,27,29). The summed E-state index contributed by atoms with van der Waals surface area (Å²) in [4.78, 5) is 17.1. The van der Waals surface area contributed by atoms with Crippen LogP contribution >= 0.6 is 11.6 Å². The molecule has 188 valence electrons. The summed E-state index contributed by atoms with van der Waals surface area (Å²) in [5, 5.41) is 12.0. The number of carbonyl (C=O) groups is 1. The van der Waals surface area contributed by atoms with E-state index in [9.17, 15) is 13.2 Å². The molecule has 1 atom stereocenters. The van der Waals surface area contributed by atoms with E-state index in [4.69, 9.17) is 31.4 Å². The van der Waals surface area contributed by atoms with Gasteiger partial charge in [0.25, 0.3) is 0 Å². The molecule has 35 heavy (non-hydrogen) atoms. The number of allylic oxidation sites excluding steroid dienone is 2. The minimum Gasteiger partial charge on any atom is -0.493 e. The van der Waals surface area contributed by atoms with Gasteiger partial charge in [-0.25, -0.2) is 23.4 Å². The van der Waals surface area contributed by atoms with Crippen molar-refractivity contribution in [1.82, 2.24) is 20.6 Å². The maximum atomic E-state index is 12.8. The van der Waals surface area contributed by atoms with Crippen LogP contribution in [0.2, 0.25) is 0 Å². The van der Waals surface area contributed by atoms with E-state index in [0.29, 0.717) is 30.0 Å². The second-order valence-electron chi connectivity index (χ2n) is 9.04. The van der Waals surface area contributed by atoms with Crippen molar-refractivity contribution in [3.05, 3.63) is 63.4 Å². The fraction of sp³-hybridized carbons (Fsp3) is 0.364. The molecule has 0 bridgehead atoms. The van der Waals surface area contributed by atoms with Crippen molar-refractivity contribution in [2.45, 2.75) is 38.7 Å². The zero-order chi connectivity index (χ0) is 25.4. The van der Waals surface area contributed by atoms with Crippen LogP contribution < -0.4 is 20.3 Å². The van der Waals surface area contributed by atoms with Crippen molar-refractivity contribution in [3.63, 3.8) is 0 Å². The molecule has 1 unspecified atom stereocenters. The Morgan fingerprint density at radius 3 is 2.86 bits per heavy atom. The summed E-state index contributed by atoms with van der Waals surface area (Å²) in [7, 11) is -3.81. The van der Waals surface area contributed by atoms with Gasteiger partial charge in [-0.1, -0.05) is 11.6 Å². The van der Waals surface area contributed by atoms with Gasteiger partial charge in [-0.15, -0.1) is 0 Å². The van der Waals surface area contributed by atoms with Crippen LogP contribution in [-0.4, -0.2) is 44.2 Å². The van der Waals surface area contributed by atoms with E-state index < -0.39 is 21.7 Å². The molecule has 0 fully saturated rings. The Morgan fingerprint density at radius 1 is 1.34 bits per heavy atom. The zero-order valence-corrected chi connectivity index (χ0v) is 20.9. The number of fused-ring (bicyclic) bond motifs is 2. The fourth-order valence-electron chi connectivity index (χ4n) is 3.64. The monoisotopic (exact) mass is 523 g/mol. The number of ether oxygens (including phenoxy) is 2. The van der Waals surface area contributed by atoms with Gasteiger partial charge in [-0.05, 0) is 57.5 Å². The highest BCUT2D eigenvalue weighted by atomic mass is 35.5. The summed E-state index contributed by atoms with van der Waals surface area (Å²) >= 11 is 6.10. The fourth-order valence-corrected chi connectivity index (χ4v) is 5.05. The van der Waals surface area contributed by atoms with Crippen molar-refractivity contribution in [1.29, 1.82) is 5.41 Å². The highest BCUT2D eigenvalue weighted by Gasteiger charge is 2.29. The summed E-state index contributed by atoms with van der Waals surface area (Å²) in [6.45, 7) is 5.76. The van der Waals surface area contributed by atoms with Gasteiger partial charge in [0.2, 0.25) is 10.0 Å². The average Bonchev–Trinajstić information content (AvgIpc) is 3.39. The number of carbonyl (C=O) groups excluding carboxylic acids is 1. The van der Waals surface area contributed by atoms with Crippen LogP contribution in [0.15, 0.2) is 52.3 Å². The predicted octanol–water partition coefficient (Wildman–Crippen LogP) is 2.89. The molecular formula is C22H26ClN5O6S. The van der Waals surface area contributed by atoms with E-state index in [1.807, 2.05) is 0 Å². The quantitative estimate of drug-likeness (QED) is 0.253. The topological polar surface area (TPSA) is 142 Å². The number of hydrogen-bond acceptors (Lipinski definition) is 9. The van der Waals surface area contributed by atoms with Crippen LogP contribution in [0.4, 0.5) is 4.79 Å². The summed E-state index contributed by atoms with van der Waals surface area (Å²) in [5.41, 5.74) is 3.62. The number of amides is 1. The van der Waals surface area contributed by atoms with Gasteiger partial charge in [-0.3, -0.25) is 10.7 Å².